The van der Waals surface area contributed by atoms with Crippen molar-refractivity contribution in [3.63, 3.8) is 0 Å². The van der Waals surface area contributed by atoms with E-state index in [0.717, 1.165) is 6.42 Å². The van der Waals surface area contributed by atoms with E-state index < -0.39 is 17.9 Å². The zero-order valence-electron chi connectivity index (χ0n) is 12.4. The number of carbonyl (C=O) groups excluding carboxylic acids is 1. The van der Waals surface area contributed by atoms with Gasteiger partial charge in [0.2, 0.25) is 12.0 Å². The number of amides is 1. The number of unbranched alkanes of at least 4 members (excludes halogenated alkanes) is 1. The Labute approximate surface area is 128 Å². The standard InChI is InChI=1S/C15H20FNO5/c1-21-9-3-2-4-14(18)17-10-13(15(19)20)22-12-7-5-11(16)6-8-12/h5-8,13H,2-4,9-10H2,1H3,(H,17,18)(H,19,20). The highest BCUT2D eigenvalue weighted by atomic mass is 19.1. The maximum atomic E-state index is 12.8. The maximum Gasteiger partial charge on any atom is 0.346 e. The average Bonchev–Trinajstić information content (AvgIpc) is 2.49. The predicted molar refractivity (Wildman–Crippen MR) is 77.2 cm³/mol. The molecule has 0 aliphatic heterocycles. The van der Waals surface area contributed by atoms with Gasteiger partial charge in [-0.2, -0.15) is 0 Å². The van der Waals surface area contributed by atoms with Crippen molar-refractivity contribution in [3.8, 4) is 5.75 Å². The quantitative estimate of drug-likeness (QED) is 0.641. The molecule has 0 radical (unpaired) electrons. The molecule has 6 nitrogen and oxygen atoms in total. The van der Waals surface area contributed by atoms with Crippen LogP contribution in [0, 0.1) is 5.82 Å². The number of aliphatic carboxylic acids is 1. The minimum absolute atomic E-state index is 0.157. The Kier molecular flexibility index (Phi) is 7.91. The van der Waals surface area contributed by atoms with E-state index >= 15 is 0 Å². The molecule has 122 valence electrons. The van der Waals surface area contributed by atoms with E-state index in [1.807, 2.05) is 0 Å². The molecule has 1 aromatic rings. The van der Waals surface area contributed by atoms with Gasteiger partial charge in [-0.1, -0.05) is 0 Å². The molecule has 1 amide bonds. The Bertz CT molecular complexity index is 477. The second kappa shape index (κ2) is 9.73. The van der Waals surface area contributed by atoms with Crippen molar-refractivity contribution in [2.45, 2.75) is 25.4 Å². The molecule has 0 bridgehead atoms. The summed E-state index contributed by atoms with van der Waals surface area (Å²) in [6.07, 6.45) is 0.495. The molecule has 22 heavy (non-hydrogen) atoms. The van der Waals surface area contributed by atoms with Crippen molar-refractivity contribution < 1.29 is 28.6 Å². The predicted octanol–water partition coefficient (Wildman–Crippen LogP) is 1.59. The highest BCUT2D eigenvalue weighted by Gasteiger charge is 2.20. The molecule has 0 spiro atoms. The lowest BCUT2D eigenvalue weighted by molar-refractivity contribution is -0.145. The van der Waals surface area contributed by atoms with Crippen LogP contribution in [0.5, 0.6) is 5.75 Å². The van der Waals surface area contributed by atoms with Gasteiger partial charge in [0.05, 0.1) is 6.54 Å². The number of ether oxygens (including phenoxy) is 2. The summed E-state index contributed by atoms with van der Waals surface area (Å²) in [5, 5.41) is 11.6. The molecule has 0 fully saturated rings. The van der Waals surface area contributed by atoms with E-state index in [2.05, 4.69) is 5.32 Å². The van der Waals surface area contributed by atoms with Crippen molar-refractivity contribution in [1.82, 2.24) is 5.32 Å². The fourth-order valence-electron chi connectivity index (χ4n) is 1.68. The molecule has 0 heterocycles. The Morgan fingerprint density at radius 2 is 1.95 bits per heavy atom. The third-order valence-electron chi connectivity index (χ3n) is 2.85. The summed E-state index contributed by atoms with van der Waals surface area (Å²) in [6, 6.07) is 5.00. The first kappa shape index (κ1) is 17.9. The van der Waals surface area contributed by atoms with Gasteiger partial charge in [0, 0.05) is 20.1 Å². The van der Waals surface area contributed by atoms with Crippen LogP contribution in [-0.4, -0.2) is 43.3 Å². The van der Waals surface area contributed by atoms with Gasteiger partial charge in [-0.25, -0.2) is 9.18 Å². The van der Waals surface area contributed by atoms with Gasteiger partial charge in [-0.3, -0.25) is 4.79 Å². The molecule has 7 heteroatoms. The number of nitrogens with one attached hydrogen (secondary N) is 1. The van der Waals surface area contributed by atoms with Crippen LogP contribution in [0.2, 0.25) is 0 Å². The van der Waals surface area contributed by atoms with Gasteiger partial charge in [0.1, 0.15) is 11.6 Å². The third kappa shape index (κ3) is 7.03. The molecule has 1 rings (SSSR count). The second-order valence-electron chi connectivity index (χ2n) is 4.65. The number of methoxy groups -OCH3 is 1. The summed E-state index contributed by atoms with van der Waals surface area (Å²) in [7, 11) is 1.59. The van der Waals surface area contributed by atoms with Crippen LogP contribution in [0.25, 0.3) is 0 Å². The Morgan fingerprint density at radius 1 is 1.27 bits per heavy atom. The molecule has 0 aliphatic rings. The molecule has 1 unspecified atom stereocenters. The van der Waals surface area contributed by atoms with Crippen LogP contribution < -0.4 is 10.1 Å². The third-order valence-corrected chi connectivity index (χ3v) is 2.85. The summed E-state index contributed by atoms with van der Waals surface area (Å²) >= 11 is 0. The maximum absolute atomic E-state index is 12.8. The van der Waals surface area contributed by atoms with E-state index in [9.17, 15) is 14.0 Å². The van der Waals surface area contributed by atoms with Crippen molar-refractivity contribution in [3.05, 3.63) is 30.1 Å². The summed E-state index contributed by atoms with van der Waals surface area (Å²) in [5.41, 5.74) is 0. The van der Waals surface area contributed by atoms with E-state index in [4.69, 9.17) is 14.6 Å². The lowest BCUT2D eigenvalue weighted by atomic mass is 10.2. The number of carboxylic acids is 1. The summed E-state index contributed by atoms with van der Waals surface area (Å²) in [5.74, 6) is -1.67. The van der Waals surface area contributed by atoms with Crippen LogP contribution >= 0.6 is 0 Å². The zero-order chi connectivity index (χ0) is 16.4. The monoisotopic (exact) mass is 313 g/mol. The van der Waals surface area contributed by atoms with E-state index in [0.29, 0.717) is 19.4 Å². The highest BCUT2D eigenvalue weighted by Crippen LogP contribution is 2.13. The molecule has 0 aliphatic carbocycles. The number of rotatable bonds is 10. The minimum atomic E-state index is -1.23. The Balaban J connectivity index is 2.39. The van der Waals surface area contributed by atoms with Gasteiger partial charge in [0.15, 0.2) is 0 Å². The molecular weight excluding hydrogens is 293 g/mol. The van der Waals surface area contributed by atoms with Crippen LogP contribution in [0.15, 0.2) is 24.3 Å². The molecule has 2 N–H and O–H groups in total. The van der Waals surface area contributed by atoms with Gasteiger partial charge in [-0.15, -0.1) is 0 Å². The molecule has 0 aromatic heterocycles. The first-order valence-corrected chi connectivity index (χ1v) is 6.93. The zero-order valence-corrected chi connectivity index (χ0v) is 12.4. The summed E-state index contributed by atoms with van der Waals surface area (Å²) in [4.78, 5) is 22.7. The van der Waals surface area contributed by atoms with Crippen LogP contribution in [0.4, 0.5) is 4.39 Å². The van der Waals surface area contributed by atoms with Crippen LogP contribution in [0.3, 0.4) is 0 Å². The average molecular weight is 313 g/mol. The highest BCUT2D eigenvalue weighted by molar-refractivity contribution is 5.78. The Morgan fingerprint density at radius 3 is 2.55 bits per heavy atom. The lowest BCUT2D eigenvalue weighted by Gasteiger charge is -2.15. The van der Waals surface area contributed by atoms with Crippen molar-refractivity contribution in [1.29, 1.82) is 0 Å². The van der Waals surface area contributed by atoms with Gasteiger partial charge < -0.3 is 19.9 Å². The van der Waals surface area contributed by atoms with Gasteiger partial charge in [-0.05, 0) is 37.1 Å². The van der Waals surface area contributed by atoms with Gasteiger partial charge >= 0.3 is 5.97 Å². The molecule has 0 saturated carbocycles. The normalized spacial score (nSPS) is 11.7. The minimum Gasteiger partial charge on any atom is -0.478 e. The smallest absolute Gasteiger partial charge is 0.346 e. The van der Waals surface area contributed by atoms with E-state index in [1.54, 1.807) is 7.11 Å². The number of carbonyl (C=O) groups is 2. The SMILES string of the molecule is COCCCCC(=O)NCC(Oc1ccc(F)cc1)C(=O)O. The number of carboxylic acid groups (broad SMARTS) is 1. The van der Waals surface area contributed by atoms with E-state index in [1.165, 1.54) is 24.3 Å². The largest absolute Gasteiger partial charge is 0.478 e. The number of halogens is 1. The first-order valence-electron chi connectivity index (χ1n) is 6.93. The Hall–Kier alpha value is -2.15. The van der Waals surface area contributed by atoms with Crippen molar-refractivity contribution in [2.75, 3.05) is 20.3 Å². The molecular formula is C15H20FNO5. The fraction of sp³-hybridized carbons (Fsp3) is 0.467. The lowest BCUT2D eigenvalue weighted by Crippen LogP contribution is -2.40. The van der Waals surface area contributed by atoms with Crippen molar-refractivity contribution >= 4 is 11.9 Å². The molecule has 1 atom stereocenters. The number of hydrogen-bond acceptors (Lipinski definition) is 4. The van der Waals surface area contributed by atoms with Crippen LogP contribution in [-0.2, 0) is 14.3 Å². The van der Waals surface area contributed by atoms with Crippen molar-refractivity contribution in [2.24, 2.45) is 0 Å². The van der Waals surface area contributed by atoms with Crippen LogP contribution in [0.1, 0.15) is 19.3 Å². The second-order valence-corrected chi connectivity index (χ2v) is 4.65. The van der Waals surface area contributed by atoms with Gasteiger partial charge in [0.25, 0.3) is 0 Å². The first-order chi connectivity index (χ1) is 10.5. The van der Waals surface area contributed by atoms with E-state index in [-0.39, 0.29) is 18.2 Å². The molecule has 0 saturated heterocycles. The number of hydrogen-bond donors (Lipinski definition) is 2. The fourth-order valence-corrected chi connectivity index (χ4v) is 1.68. The number of benzene rings is 1. The topological polar surface area (TPSA) is 84.9 Å². The molecule has 1 aromatic carbocycles. The summed E-state index contributed by atoms with van der Waals surface area (Å²) < 4.78 is 22.9. The summed E-state index contributed by atoms with van der Waals surface area (Å²) in [6.45, 7) is 0.425.